The summed E-state index contributed by atoms with van der Waals surface area (Å²) in [4.78, 5) is 21.8. The normalized spacial score (nSPS) is 13.2. The Kier molecular flexibility index (Phi) is 4.64. The van der Waals surface area contributed by atoms with Crippen molar-refractivity contribution < 1.29 is 9.47 Å². The van der Waals surface area contributed by atoms with Crippen molar-refractivity contribution in [2.45, 2.75) is 6.54 Å². The van der Waals surface area contributed by atoms with Gasteiger partial charge >= 0.3 is 0 Å². The van der Waals surface area contributed by atoms with E-state index in [-0.39, 0.29) is 5.56 Å². The van der Waals surface area contributed by atoms with Crippen molar-refractivity contribution in [3.8, 4) is 11.5 Å². The number of hydrogen-bond acceptors (Lipinski definition) is 5. The molecule has 0 unspecified atom stereocenters. The molecular weight excluding hydrogens is 342 g/mol. The van der Waals surface area contributed by atoms with Crippen molar-refractivity contribution in [1.29, 1.82) is 0 Å². The molecule has 2 aromatic carbocycles. The van der Waals surface area contributed by atoms with Gasteiger partial charge in [0.05, 0.1) is 24.6 Å². The van der Waals surface area contributed by atoms with Gasteiger partial charge in [-0.3, -0.25) is 9.69 Å². The van der Waals surface area contributed by atoms with Gasteiger partial charge in [0, 0.05) is 12.1 Å². The minimum atomic E-state index is -0.106. The van der Waals surface area contributed by atoms with Crippen LogP contribution in [0.2, 0.25) is 0 Å². The standard InChI is InChI=1S/C21H21N3O3/c1-24(12-19-22-17-8-4-3-7-16(17)21(25)23-19)11-14-10-15-6-5-9-18(26-2)20(15)27-13-14/h3-10H,11-13H2,1-2H3,(H,22,23,25). The Balaban J connectivity index is 1.51. The average Bonchev–Trinajstić information content (AvgIpc) is 2.67. The van der Waals surface area contributed by atoms with Crippen molar-refractivity contribution in [1.82, 2.24) is 14.9 Å². The number of nitrogens with zero attached hydrogens (tertiary/aromatic N) is 2. The number of para-hydroxylation sites is 2. The van der Waals surface area contributed by atoms with E-state index in [0.29, 0.717) is 36.4 Å². The van der Waals surface area contributed by atoms with Crippen LogP contribution in [-0.2, 0) is 6.54 Å². The molecule has 0 amide bonds. The summed E-state index contributed by atoms with van der Waals surface area (Å²) in [6, 6.07) is 13.2. The third kappa shape index (κ3) is 3.57. The molecule has 0 radical (unpaired) electrons. The Hall–Kier alpha value is -3.12. The van der Waals surface area contributed by atoms with E-state index in [1.807, 2.05) is 43.4 Å². The Bertz CT molecular complexity index is 1070. The molecule has 0 bridgehead atoms. The number of aromatic nitrogens is 2. The fraction of sp³-hybridized carbons (Fsp3) is 0.238. The molecule has 0 saturated heterocycles. The highest BCUT2D eigenvalue weighted by Gasteiger charge is 2.17. The zero-order chi connectivity index (χ0) is 18.8. The van der Waals surface area contributed by atoms with Crippen LogP contribution < -0.4 is 15.0 Å². The second-order valence-corrected chi connectivity index (χ2v) is 6.67. The molecule has 27 heavy (non-hydrogen) atoms. The minimum absolute atomic E-state index is 0.106. The van der Waals surface area contributed by atoms with Gasteiger partial charge in [0.15, 0.2) is 11.5 Å². The van der Waals surface area contributed by atoms with Gasteiger partial charge in [0.2, 0.25) is 0 Å². The lowest BCUT2D eigenvalue weighted by atomic mass is 10.1. The summed E-state index contributed by atoms with van der Waals surface area (Å²) < 4.78 is 11.2. The SMILES string of the molecule is COc1cccc2c1OCC(CN(C)Cc1nc3ccccc3c(=O)[nH]1)=C2. The van der Waals surface area contributed by atoms with Crippen molar-refractivity contribution in [2.75, 3.05) is 27.3 Å². The maximum atomic E-state index is 12.2. The van der Waals surface area contributed by atoms with Crippen LogP contribution in [0.15, 0.2) is 52.8 Å². The monoisotopic (exact) mass is 363 g/mol. The lowest BCUT2D eigenvalue weighted by molar-refractivity contribution is 0.288. The molecular formula is C21H21N3O3. The molecule has 0 spiro atoms. The predicted molar refractivity (Wildman–Crippen MR) is 105 cm³/mol. The van der Waals surface area contributed by atoms with Crippen LogP contribution >= 0.6 is 0 Å². The number of aromatic amines is 1. The summed E-state index contributed by atoms with van der Waals surface area (Å²) in [7, 11) is 3.64. The maximum Gasteiger partial charge on any atom is 0.258 e. The Morgan fingerprint density at radius 2 is 2.04 bits per heavy atom. The van der Waals surface area contributed by atoms with Gasteiger partial charge in [0.25, 0.3) is 5.56 Å². The van der Waals surface area contributed by atoms with E-state index >= 15 is 0 Å². The molecule has 1 N–H and O–H groups in total. The van der Waals surface area contributed by atoms with Crippen LogP contribution in [0.3, 0.4) is 0 Å². The highest BCUT2D eigenvalue weighted by Crippen LogP contribution is 2.35. The first-order valence-electron chi connectivity index (χ1n) is 8.80. The largest absolute Gasteiger partial charge is 0.493 e. The number of H-pyrrole nitrogens is 1. The van der Waals surface area contributed by atoms with Crippen LogP contribution in [0.5, 0.6) is 11.5 Å². The molecule has 4 rings (SSSR count). The van der Waals surface area contributed by atoms with E-state index < -0.39 is 0 Å². The zero-order valence-corrected chi connectivity index (χ0v) is 15.4. The molecule has 2 heterocycles. The van der Waals surface area contributed by atoms with Gasteiger partial charge in [-0.15, -0.1) is 0 Å². The molecule has 6 heteroatoms. The number of benzene rings is 2. The topological polar surface area (TPSA) is 67.5 Å². The molecule has 1 aliphatic heterocycles. The summed E-state index contributed by atoms with van der Waals surface area (Å²) in [6.45, 7) is 1.77. The van der Waals surface area contributed by atoms with Crippen molar-refractivity contribution in [2.24, 2.45) is 0 Å². The number of nitrogens with one attached hydrogen (secondary N) is 1. The van der Waals surface area contributed by atoms with Gasteiger partial charge < -0.3 is 14.5 Å². The van der Waals surface area contributed by atoms with Gasteiger partial charge in [0.1, 0.15) is 12.4 Å². The number of rotatable bonds is 5. The summed E-state index contributed by atoms with van der Waals surface area (Å²) >= 11 is 0. The molecule has 1 aliphatic rings. The van der Waals surface area contributed by atoms with E-state index in [9.17, 15) is 4.79 Å². The number of likely N-dealkylation sites (N-methyl/N-ethyl adjacent to an activating group) is 1. The quantitative estimate of drug-likeness (QED) is 0.755. The summed E-state index contributed by atoms with van der Waals surface area (Å²) in [6.07, 6.45) is 2.13. The van der Waals surface area contributed by atoms with Crippen LogP contribution in [-0.4, -0.2) is 42.2 Å². The van der Waals surface area contributed by atoms with Crippen LogP contribution in [0, 0.1) is 0 Å². The Labute approximate surface area is 157 Å². The number of methoxy groups -OCH3 is 1. The molecule has 0 fully saturated rings. The smallest absolute Gasteiger partial charge is 0.258 e. The van der Waals surface area contributed by atoms with Gasteiger partial charge in [-0.2, -0.15) is 0 Å². The van der Waals surface area contributed by atoms with Crippen molar-refractivity contribution >= 4 is 17.0 Å². The van der Waals surface area contributed by atoms with Crippen LogP contribution in [0.1, 0.15) is 11.4 Å². The highest BCUT2D eigenvalue weighted by atomic mass is 16.5. The third-order valence-electron chi connectivity index (χ3n) is 4.55. The molecule has 3 aromatic rings. The van der Waals surface area contributed by atoms with Gasteiger partial charge in [-0.1, -0.05) is 24.3 Å². The van der Waals surface area contributed by atoms with Crippen molar-refractivity contribution in [3.63, 3.8) is 0 Å². The molecule has 0 aliphatic carbocycles. The molecule has 138 valence electrons. The average molecular weight is 363 g/mol. The first-order chi connectivity index (χ1) is 13.1. The van der Waals surface area contributed by atoms with E-state index in [1.54, 1.807) is 13.2 Å². The summed E-state index contributed by atoms with van der Waals surface area (Å²) in [5.41, 5.74) is 2.78. The van der Waals surface area contributed by atoms with Gasteiger partial charge in [-0.25, -0.2) is 4.98 Å². The lowest BCUT2D eigenvalue weighted by Crippen LogP contribution is -2.26. The molecule has 0 saturated carbocycles. The van der Waals surface area contributed by atoms with E-state index in [4.69, 9.17) is 9.47 Å². The highest BCUT2D eigenvalue weighted by molar-refractivity contribution is 5.77. The second-order valence-electron chi connectivity index (χ2n) is 6.67. The first kappa shape index (κ1) is 17.3. The minimum Gasteiger partial charge on any atom is -0.493 e. The van der Waals surface area contributed by atoms with E-state index in [1.165, 1.54) is 0 Å². The van der Waals surface area contributed by atoms with E-state index in [0.717, 1.165) is 22.6 Å². The molecule has 6 nitrogen and oxygen atoms in total. The second kappa shape index (κ2) is 7.25. The molecule has 0 atom stereocenters. The number of fused-ring (bicyclic) bond motifs is 2. The predicted octanol–water partition coefficient (Wildman–Crippen LogP) is 2.84. The van der Waals surface area contributed by atoms with Crippen LogP contribution in [0.25, 0.3) is 17.0 Å². The third-order valence-corrected chi connectivity index (χ3v) is 4.55. The Morgan fingerprint density at radius 3 is 2.89 bits per heavy atom. The Morgan fingerprint density at radius 1 is 1.19 bits per heavy atom. The lowest BCUT2D eigenvalue weighted by Gasteiger charge is -2.23. The number of hydrogen-bond donors (Lipinski definition) is 1. The van der Waals surface area contributed by atoms with Gasteiger partial charge in [-0.05, 0) is 36.9 Å². The summed E-state index contributed by atoms with van der Waals surface area (Å²) in [5.74, 6) is 2.18. The zero-order valence-electron chi connectivity index (χ0n) is 15.4. The fourth-order valence-corrected chi connectivity index (χ4v) is 3.35. The van der Waals surface area contributed by atoms with E-state index in [2.05, 4.69) is 20.9 Å². The van der Waals surface area contributed by atoms with Crippen molar-refractivity contribution in [3.05, 3.63) is 69.8 Å². The summed E-state index contributed by atoms with van der Waals surface area (Å²) in [5, 5.41) is 0.609. The van der Waals surface area contributed by atoms with Crippen LogP contribution in [0.4, 0.5) is 0 Å². The maximum absolute atomic E-state index is 12.2. The number of ether oxygens (including phenoxy) is 2. The first-order valence-corrected chi connectivity index (χ1v) is 8.80. The molecule has 1 aromatic heterocycles. The fourth-order valence-electron chi connectivity index (χ4n) is 3.35.